The molecule has 1 saturated heterocycles. The summed E-state index contributed by atoms with van der Waals surface area (Å²) in [5.74, 6) is 2.27. The summed E-state index contributed by atoms with van der Waals surface area (Å²) in [6, 6.07) is 0.360. The third-order valence-corrected chi connectivity index (χ3v) is 9.01. The van der Waals surface area contributed by atoms with E-state index >= 15 is 0 Å². The van der Waals surface area contributed by atoms with E-state index in [2.05, 4.69) is 42.6 Å². The maximum Gasteiger partial charge on any atom is 0.461 e. The Labute approximate surface area is 248 Å². The normalized spacial score (nSPS) is 26.7. The van der Waals surface area contributed by atoms with Gasteiger partial charge in [-0.15, -0.1) is 11.6 Å². The third-order valence-electron chi connectivity index (χ3n) is 8.00. The summed E-state index contributed by atoms with van der Waals surface area (Å²) in [5.41, 5.74) is -3.45. The molecule has 8 nitrogen and oxygen atoms in total. The van der Waals surface area contributed by atoms with Gasteiger partial charge in [-0.25, -0.2) is 0 Å². The zero-order valence-corrected chi connectivity index (χ0v) is 25.2. The van der Waals surface area contributed by atoms with Crippen LogP contribution in [-0.2, 0) is 0 Å². The second-order valence-corrected chi connectivity index (χ2v) is 13.0. The van der Waals surface area contributed by atoms with Gasteiger partial charge in [-0.2, -0.15) is 13.2 Å². The Morgan fingerprint density at radius 1 is 1.05 bits per heavy atom. The Morgan fingerprint density at radius 2 is 1.65 bits per heavy atom. The van der Waals surface area contributed by atoms with Crippen molar-refractivity contribution in [2.45, 2.75) is 90.6 Å². The fraction of sp³-hybridized carbons (Fsp3) is 0.852. The first-order valence-corrected chi connectivity index (χ1v) is 14.2. The molecular weight excluding hydrogens is 571 g/mol. The van der Waals surface area contributed by atoms with Crippen molar-refractivity contribution in [2.75, 3.05) is 26.2 Å². The van der Waals surface area contributed by atoms with Gasteiger partial charge in [0.25, 0.3) is 0 Å². The van der Waals surface area contributed by atoms with E-state index in [0.717, 1.165) is 44.4 Å². The van der Waals surface area contributed by atoms with Gasteiger partial charge < -0.3 is 42.3 Å². The summed E-state index contributed by atoms with van der Waals surface area (Å²) in [7, 11) is 0. The highest BCUT2D eigenvalue weighted by molar-refractivity contribution is 7.98. The van der Waals surface area contributed by atoms with Crippen LogP contribution in [0, 0.1) is 29.1 Å². The van der Waals surface area contributed by atoms with Gasteiger partial charge in [0.1, 0.15) is 0 Å². The van der Waals surface area contributed by atoms with Crippen LogP contribution in [0.5, 0.6) is 0 Å². The van der Waals surface area contributed by atoms with E-state index in [4.69, 9.17) is 11.6 Å². The molecule has 2 unspecified atom stereocenters. The Bertz CT molecular complexity index is 724. The molecule has 3 atom stereocenters. The number of likely N-dealkylation sites (tertiary alicyclic amines) is 1. The van der Waals surface area contributed by atoms with Crippen LogP contribution in [0.15, 0.2) is 23.9 Å². The number of hydrogen-bond acceptors (Lipinski definition) is 4. The molecule has 1 heterocycles. The van der Waals surface area contributed by atoms with Crippen molar-refractivity contribution in [3.8, 4) is 0 Å². The van der Waals surface area contributed by atoms with Crippen LogP contribution in [0.3, 0.4) is 0 Å². The molecule has 12 N–H and O–H groups in total. The van der Waals surface area contributed by atoms with Gasteiger partial charge in [0.2, 0.25) is 0 Å². The quantitative estimate of drug-likeness (QED) is 0.293. The Hall–Kier alpha value is -0.570. The van der Waals surface area contributed by atoms with E-state index in [9.17, 15) is 13.2 Å². The molecule has 40 heavy (non-hydrogen) atoms. The number of piperidine rings is 1. The van der Waals surface area contributed by atoms with Crippen molar-refractivity contribution in [3.63, 3.8) is 0 Å². The zero-order valence-electron chi connectivity index (χ0n) is 23.6. The smallest absolute Gasteiger partial charge is 0.412 e. The van der Waals surface area contributed by atoms with Crippen LogP contribution in [-0.4, -0.2) is 75.4 Å². The standard InChI is InChI=1S/C26H43ClF3N3S.CH4.5H2O/c1-18(2)24(31-15-19-6-5-7-22(14-19)32-34-26(28,29)30)16-33-13-12-23(25(3,4)17-33)20-8-10-21(27)11-9-20;;;;;;/h5,7,14,18-21,23-24,31-32H,6,8-13,15-17H2,1-4H3;1H4;5*1H2/t19?,20?,21?,23?,24-;;;;;;/m0....../s1. The summed E-state index contributed by atoms with van der Waals surface area (Å²) >= 11 is 6.16. The molecule has 2 fully saturated rings. The number of rotatable bonds is 9. The number of nitrogens with one attached hydrogen (secondary N) is 2. The number of hydrogen-bond donors (Lipinski definition) is 2. The highest BCUT2D eigenvalue weighted by Gasteiger charge is 2.41. The molecule has 1 aliphatic heterocycles. The van der Waals surface area contributed by atoms with Crippen LogP contribution in [0.2, 0.25) is 0 Å². The van der Waals surface area contributed by atoms with Crippen LogP contribution >= 0.6 is 23.5 Å². The summed E-state index contributed by atoms with van der Waals surface area (Å²) < 4.78 is 39.9. The minimum absolute atomic E-state index is 0. The molecule has 0 amide bonds. The maximum absolute atomic E-state index is 12.5. The van der Waals surface area contributed by atoms with Crippen LogP contribution in [0.1, 0.15) is 73.6 Å². The third kappa shape index (κ3) is 14.6. The molecule has 0 aromatic carbocycles. The minimum atomic E-state index is -4.28. The van der Waals surface area contributed by atoms with Gasteiger partial charge in [-0.05, 0) is 80.2 Å². The van der Waals surface area contributed by atoms with Gasteiger partial charge >= 0.3 is 5.51 Å². The maximum atomic E-state index is 12.5. The lowest BCUT2D eigenvalue weighted by atomic mass is 9.64. The SMILES string of the molecule is C.CC(C)[C@H](CN1CCC(C2CCC(Cl)CC2)C(C)(C)C1)NCC1C=C(NSC(F)(F)F)C=CC1.O.O.O.O.O. The highest BCUT2D eigenvalue weighted by atomic mass is 35.5. The van der Waals surface area contributed by atoms with Crippen molar-refractivity contribution in [1.82, 2.24) is 14.9 Å². The summed E-state index contributed by atoms with van der Waals surface area (Å²) in [5, 5.41) is 4.12. The first kappa shape index (κ1) is 46.4. The topological polar surface area (TPSA) is 185 Å². The number of nitrogens with zero attached hydrogens (tertiary/aromatic N) is 1. The van der Waals surface area contributed by atoms with E-state index in [0.29, 0.717) is 28.4 Å². The average molecular weight is 628 g/mol. The van der Waals surface area contributed by atoms with Crippen LogP contribution < -0.4 is 10.0 Å². The molecule has 0 bridgehead atoms. The van der Waals surface area contributed by atoms with E-state index in [1.54, 1.807) is 6.08 Å². The monoisotopic (exact) mass is 627 g/mol. The second-order valence-electron chi connectivity index (χ2n) is 11.6. The highest BCUT2D eigenvalue weighted by Crippen LogP contribution is 2.45. The molecule has 3 rings (SSSR count). The molecule has 1 saturated carbocycles. The Balaban J connectivity index is -0.00000108. The van der Waals surface area contributed by atoms with E-state index in [-0.39, 0.29) is 52.7 Å². The van der Waals surface area contributed by atoms with Crippen molar-refractivity contribution in [1.29, 1.82) is 0 Å². The van der Waals surface area contributed by atoms with Gasteiger partial charge in [-0.3, -0.25) is 0 Å². The first-order valence-electron chi connectivity index (χ1n) is 12.9. The molecule has 0 spiro atoms. The molecule has 0 aromatic heterocycles. The van der Waals surface area contributed by atoms with Gasteiger partial charge in [-0.1, -0.05) is 47.3 Å². The molecular formula is C27H57ClF3N3O5S. The van der Waals surface area contributed by atoms with Gasteiger partial charge in [0.05, 0.1) is 11.9 Å². The molecule has 0 aromatic rings. The van der Waals surface area contributed by atoms with Crippen LogP contribution in [0.4, 0.5) is 13.2 Å². The fourth-order valence-electron chi connectivity index (χ4n) is 6.16. The van der Waals surface area contributed by atoms with E-state index in [1.165, 1.54) is 32.1 Å². The summed E-state index contributed by atoms with van der Waals surface area (Å²) in [6.07, 6.45) is 12.6. The minimum Gasteiger partial charge on any atom is -0.412 e. The molecule has 2 aliphatic carbocycles. The summed E-state index contributed by atoms with van der Waals surface area (Å²) in [6.45, 7) is 13.5. The number of alkyl halides is 4. The van der Waals surface area contributed by atoms with Gasteiger partial charge in [0, 0.05) is 36.8 Å². The predicted molar refractivity (Wildman–Crippen MR) is 163 cm³/mol. The largest absolute Gasteiger partial charge is 0.461 e. The first-order chi connectivity index (χ1) is 15.9. The predicted octanol–water partition coefficient (Wildman–Crippen LogP) is 3.48. The van der Waals surface area contributed by atoms with Crippen molar-refractivity contribution in [2.24, 2.45) is 29.1 Å². The molecule has 13 heteroatoms. The van der Waals surface area contributed by atoms with Crippen molar-refractivity contribution in [3.05, 3.63) is 23.9 Å². The lowest BCUT2D eigenvalue weighted by Crippen LogP contribution is -2.53. The van der Waals surface area contributed by atoms with Gasteiger partial charge in [0.15, 0.2) is 0 Å². The fourth-order valence-corrected chi connectivity index (χ4v) is 6.78. The van der Waals surface area contributed by atoms with E-state index in [1.807, 2.05) is 12.2 Å². The lowest BCUT2D eigenvalue weighted by molar-refractivity contribution is -0.0334. The number of allylic oxidation sites excluding steroid dienone is 2. The number of halogens is 4. The lowest BCUT2D eigenvalue weighted by Gasteiger charge is -2.49. The average Bonchev–Trinajstić information content (AvgIpc) is 2.75. The molecule has 0 radical (unpaired) electrons. The van der Waals surface area contributed by atoms with E-state index < -0.39 is 5.51 Å². The zero-order chi connectivity index (χ0) is 24.9. The van der Waals surface area contributed by atoms with Crippen molar-refractivity contribution < 1.29 is 40.6 Å². The summed E-state index contributed by atoms with van der Waals surface area (Å²) in [4.78, 5) is 2.63. The van der Waals surface area contributed by atoms with Crippen molar-refractivity contribution >= 4 is 23.5 Å². The Morgan fingerprint density at radius 3 is 2.17 bits per heavy atom. The second kappa shape index (κ2) is 20.4. The Kier molecular flexibility index (Phi) is 23.6. The molecule has 3 aliphatic rings. The van der Waals surface area contributed by atoms with Crippen LogP contribution in [0.25, 0.3) is 0 Å². The molecule has 244 valence electrons.